The minimum atomic E-state index is -0.831. The van der Waals surface area contributed by atoms with E-state index >= 15 is 0 Å². The lowest BCUT2D eigenvalue weighted by Gasteiger charge is -2.14. The Labute approximate surface area is 148 Å². The summed E-state index contributed by atoms with van der Waals surface area (Å²) in [6.07, 6.45) is 9.65. The molecule has 0 radical (unpaired) electrons. The van der Waals surface area contributed by atoms with Gasteiger partial charge in [-0.05, 0) is 37.7 Å². The summed E-state index contributed by atoms with van der Waals surface area (Å²) >= 11 is 1.63. The van der Waals surface area contributed by atoms with Gasteiger partial charge in [-0.2, -0.15) is 0 Å². The van der Waals surface area contributed by atoms with Crippen LogP contribution < -0.4 is 4.74 Å². The highest BCUT2D eigenvalue weighted by Crippen LogP contribution is 2.34. The highest BCUT2D eigenvalue weighted by molar-refractivity contribution is 7.12. The molecule has 1 atom stereocenters. The molecule has 1 aliphatic rings. The van der Waals surface area contributed by atoms with Gasteiger partial charge in [0, 0.05) is 5.57 Å². The fourth-order valence-corrected chi connectivity index (χ4v) is 3.65. The van der Waals surface area contributed by atoms with Crippen molar-refractivity contribution in [3.05, 3.63) is 27.6 Å². The molecular weight excluding hydrogens is 322 g/mol. The summed E-state index contributed by atoms with van der Waals surface area (Å²) in [5.41, 5.74) is 1.56. The molecule has 0 saturated heterocycles. The lowest BCUT2D eigenvalue weighted by molar-refractivity contribution is -0.132. The van der Waals surface area contributed by atoms with Crippen LogP contribution in [0.5, 0.6) is 5.88 Å². The quantitative estimate of drug-likeness (QED) is 0.663. The summed E-state index contributed by atoms with van der Waals surface area (Å²) in [5, 5.41) is 9.97. The van der Waals surface area contributed by atoms with Gasteiger partial charge in [0.1, 0.15) is 5.01 Å². The molecule has 1 aromatic heterocycles. The number of aliphatic carboxylic acids is 1. The maximum Gasteiger partial charge on any atom is 0.331 e. The molecule has 4 nitrogen and oxygen atoms in total. The van der Waals surface area contributed by atoms with Crippen LogP contribution >= 0.6 is 11.3 Å². The third-order valence-corrected chi connectivity index (χ3v) is 5.48. The van der Waals surface area contributed by atoms with E-state index in [0.717, 1.165) is 40.8 Å². The van der Waals surface area contributed by atoms with Gasteiger partial charge in [-0.25, -0.2) is 9.78 Å². The number of nitrogens with zero attached hydrogens (tertiary/aromatic N) is 1. The van der Waals surface area contributed by atoms with Crippen LogP contribution in [0.25, 0.3) is 5.57 Å². The van der Waals surface area contributed by atoms with E-state index in [1.807, 2.05) is 13.0 Å². The fourth-order valence-electron chi connectivity index (χ4n) is 2.74. The zero-order valence-electron chi connectivity index (χ0n) is 14.8. The molecule has 0 aliphatic heterocycles. The van der Waals surface area contributed by atoms with Crippen LogP contribution in [-0.4, -0.2) is 22.7 Å². The standard InChI is InChI=1S/C19H27NO3S/c1-4-6-7-14(5-2)12-23-17-13(3)24-18(20-17)15-8-10-16(11-9-15)19(21)22/h8,10,14H,4-7,9,11-12H2,1-3H3,(H,21,22). The summed E-state index contributed by atoms with van der Waals surface area (Å²) in [5.74, 6) is 0.491. The molecule has 0 bridgehead atoms. The van der Waals surface area contributed by atoms with Gasteiger partial charge in [-0.3, -0.25) is 0 Å². The predicted molar refractivity (Wildman–Crippen MR) is 98.6 cm³/mol. The molecule has 5 heteroatoms. The van der Waals surface area contributed by atoms with E-state index in [-0.39, 0.29) is 0 Å². The van der Waals surface area contributed by atoms with E-state index in [1.54, 1.807) is 17.4 Å². The molecule has 1 N–H and O–H groups in total. The second kappa shape index (κ2) is 9.02. The van der Waals surface area contributed by atoms with E-state index in [9.17, 15) is 4.79 Å². The molecule has 1 aromatic rings. The van der Waals surface area contributed by atoms with Gasteiger partial charge < -0.3 is 9.84 Å². The molecular formula is C19H27NO3S. The molecule has 24 heavy (non-hydrogen) atoms. The Hall–Kier alpha value is -1.62. The van der Waals surface area contributed by atoms with Gasteiger partial charge in [-0.15, -0.1) is 11.3 Å². The normalized spacial score (nSPS) is 15.6. The van der Waals surface area contributed by atoms with Crippen molar-refractivity contribution < 1.29 is 14.6 Å². The first-order valence-electron chi connectivity index (χ1n) is 8.78. The number of hydrogen-bond acceptors (Lipinski definition) is 4. The van der Waals surface area contributed by atoms with Crippen molar-refractivity contribution in [2.24, 2.45) is 5.92 Å². The maximum absolute atomic E-state index is 11.0. The van der Waals surface area contributed by atoms with Gasteiger partial charge in [-0.1, -0.05) is 45.3 Å². The van der Waals surface area contributed by atoms with Gasteiger partial charge >= 0.3 is 5.97 Å². The summed E-state index contributed by atoms with van der Waals surface area (Å²) in [6, 6.07) is 0. The zero-order valence-corrected chi connectivity index (χ0v) is 15.6. The highest BCUT2D eigenvalue weighted by atomic mass is 32.1. The average molecular weight is 349 g/mol. The van der Waals surface area contributed by atoms with Gasteiger partial charge in [0.2, 0.25) is 5.88 Å². The third-order valence-electron chi connectivity index (χ3n) is 4.45. The van der Waals surface area contributed by atoms with E-state index in [1.165, 1.54) is 19.3 Å². The molecule has 0 fully saturated rings. The molecule has 0 amide bonds. The number of carboxylic acid groups (broad SMARTS) is 1. The maximum atomic E-state index is 11.0. The Bertz CT molecular complexity index is 631. The molecule has 0 saturated carbocycles. The molecule has 132 valence electrons. The number of aromatic nitrogens is 1. The topological polar surface area (TPSA) is 59.4 Å². The summed E-state index contributed by atoms with van der Waals surface area (Å²) in [6.45, 7) is 7.18. The van der Waals surface area contributed by atoms with Crippen LogP contribution in [0.2, 0.25) is 0 Å². The molecule has 0 spiro atoms. The summed E-state index contributed by atoms with van der Waals surface area (Å²) in [7, 11) is 0. The van der Waals surface area contributed by atoms with E-state index in [4.69, 9.17) is 9.84 Å². The second-order valence-corrected chi connectivity index (χ2v) is 7.50. The Balaban J connectivity index is 2.01. The first kappa shape index (κ1) is 18.7. The number of rotatable bonds is 9. The number of ether oxygens (including phenoxy) is 1. The van der Waals surface area contributed by atoms with Gasteiger partial charge in [0.15, 0.2) is 0 Å². The zero-order chi connectivity index (χ0) is 17.5. The monoisotopic (exact) mass is 349 g/mol. The van der Waals surface area contributed by atoms with Crippen molar-refractivity contribution in [2.45, 2.75) is 59.3 Å². The summed E-state index contributed by atoms with van der Waals surface area (Å²) < 4.78 is 5.98. The number of allylic oxidation sites excluding steroid dienone is 3. The summed E-state index contributed by atoms with van der Waals surface area (Å²) in [4.78, 5) is 16.7. The van der Waals surface area contributed by atoms with Crippen LogP contribution in [0.15, 0.2) is 17.7 Å². The van der Waals surface area contributed by atoms with Crippen molar-refractivity contribution >= 4 is 22.9 Å². The Morgan fingerprint density at radius 3 is 2.75 bits per heavy atom. The van der Waals surface area contributed by atoms with Crippen molar-refractivity contribution in [3.8, 4) is 5.88 Å². The lowest BCUT2D eigenvalue weighted by Crippen LogP contribution is -2.11. The Kier molecular flexibility index (Phi) is 7.03. The van der Waals surface area contributed by atoms with Gasteiger partial charge in [0.05, 0.1) is 11.5 Å². The number of aryl methyl sites for hydroxylation is 1. The van der Waals surface area contributed by atoms with Crippen molar-refractivity contribution in [3.63, 3.8) is 0 Å². The number of carbonyl (C=O) groups is 1. The molecule has 2 rings (SSSR count). The van der Waals surface area contributed by atoms with E-state index < -0.39 is 5.97 Å². The van der Waals surface area contributed by atoms with Crippen LogP contribution in [0.4, 0.5) is 0 Å². The largest absolute Gasteiger partial charge is 0.478 e. The van der Waals surface area contributed by atoms with E-state index in [2.05, 4.69) is 18.8 Å². The first-order chi connectivity index (χ1) is 11.5. The van der Waals surface area contributed by atoms with Crippen molar-refractivity contribution in [1.82, 2.24) is 4.98 Å². The highest BCUT2D eigenvalue weighted by Gasteiger charge is 2.18. The predicted octanol–water partition coefficient (Wildman–Crippen LogP) is 5.23. The third kappa shape index (κ3) is 4.94. The number of thiazole rings is 1. The van der Waals surface area contributed by atoms with Crippen molar-refractivity contribution in [2.75, 3.05) is 6.61 Å². The fraction of sp³-hybridized carbons (Fsp3) is 0.579. The van der Waals surface area contributed by atoms with Crippen LogP contribution in [-0.2, 0) is 4.79 Å². The molecule has 1 unspecified atom stereocenters. The minimum Gasteiger partial charge on any atom is -0.478 e. The molecule has 1 heterocycles. The Morgan fingerprint density at radius 2 is 2.17 bits per heavy atom. The average Bonchev–Trinajstić information content (AvgIpc) is 2.96. The first-order valence-corrected chi connectivity index (χ1v) is 9.60. The number of unbranched alkanes of at least 4 members (excludes halogenated alkanes) is 1. The lowest BCUT2D eigenvalue weighted by atomic mass is 9.99. The van der Waals surface area contributed by atoms with Gasteiger partial charge in [0.25, 0.3) is 0 Å². The van der Waals surface area contributed by atoms with Crippen molar-refractivity contribution in [1.29, 1.82) is 0 Å². The molecule has 1 aliphatic carbocycles. The second-order valence-electron chi connectivity index (χ2n) is 6.30. The van der Waals surface area contributed by atoms with Crippen LogP contribution in [0.3, 0.4) is 0 Å². The smallest absolute Gasteiger partial charge is 0.331 e. The van der Waals surface area contributed by atoms with Crippen LogP contribution in [0, 0.1) is 12.8 Å². The number of hydrogen-bond donors (Lipinski definition) is 1. The SMILES string of the molecule is CCCCC(CC)COc1nc(C2=CC=C(C(=O)O)CC2)sc1C. The minimum absolute atomic E-state index is 0.463. The van der Waals surface area contributed by atoms with Crippen LogP contribution in [0.1, 0.15) is 62.3 Å². The number of carboxylic acids is 1. The van der Waals surface area contributed by atoms with E-state index in [0.29, 0.717) is 17.9 Å². The molecule has 0 aromatic carbocycles. The Morgan fingerprint density at radius 1 is 1.38 bits per heavy atom.